The normalized spacial score (nSPS) is 19.1. The van der Waals surface area contributed by atoms with E-state index in [4.69, 9.17) is 10.5 Å². The van der Waals surface area contributed by atoms with E-state index >= 15 is 0 Å². The summed E-state index contributed by atoms with van der Waals surface area (Å²) in [7, 11) is 1.74. The number of nitrogens with two attached hydrogens (primary N) is 1. The van der Waals surface area contributed by atoms with Gasteiger partial charge >= 0.3 is 0 Å². The fourth-order valence-electron chi connectivity index (χ4n) is 2.82. The predicted molar refractivity (Wildman–Crippen MR) is 70.5 cm³/mol. The molecule has 88 valence electrons. The maximum Gasteiger partial charge on any atom is 0.123 e. The lowest BCUT2D eigenvalue weighted by Crippen LogP contribution is -2.28. The molecule has 1 atom stereocenters. The summed E-state index contributed by atoms with van der Waals surface area (Å²) in [5, 5.41) is 2.62. The lowest BCUT2D eigenvalue weighted by Gasteiger charge is -2.25. The maximum atomic E-state index is 6.06. The average molecular weight is 227 g/mol. The molecule has 2 heteroatoms. The lowest BCUT2D eigenvalue weighted by atomic mass is 9.85. The van der Waals surface area contributed by atoms with E-state index in [1.807, 2.05) is 0 Å². The summed E-state index contributed by atoms with van der Waals surface area (Å²) in [5.74, 6) is 0.994. The second-order valence-corrected chi connectivity index (χ2v) is 4.76. The zero-order valence-electron chi connectivity index (χ0n) is 10.1. The molecule has 0 spiro atoms. The molecule has 2 aromatic rings. The second kappa shape index (κ2) is 4.04. The monoisotopic (exact) mass is 227 g/mol. The van der Waals surface area contributed by atoms with E-state index in [9.17, 15) is 0 Å². The van der Waals surface area contributed by atoms with Gasteiger partial charge in [-0.25, -0.2) is 0 Å². The van der Waals surface area contributed by atoms with Crippen LogP contribution in [0.2, 0.25) is 0 Å². The van der Waals surface area contributed by atoms with E-state index in [0.717, 1.165) is 25.0 Å². The molecule has 0 saturated heterocycles. The van der Waals surface area contributed by atoms with Crippen molar-refractivity contribution in [1.29, 1.82) is 0 Å². The molecule has 3 rings (SSSR count). The van der Waals surface area contributed by atoms with E-state index < -0.39 is 0 Å². The number of methoxy groups -OCH3 is 1. The smallest absolute Gasteiger partial charge is 0.123 e. The van der Waals surface area contributed by atoms with Crippen LogP contribution in [0.1, 0.15) is 17.5 Å². The molecular weight excluding hydrogens is 210 g/mol. The standard InChI is InChI=1S/C15H17NO/c1-17-15-8-10-4-2-3-5-12(10)13-7-6-11(16)9-14(13)15/h2-5,8,11H,6-7,9,16H2,1H3/t11-/m1/s1. The summed E-state index contributed by atoms with van der Waals surface area (Å²) in [6.45, 7) is 0. The van der Waals surface area contributed by atoms with Crippen molar-refractivity contribution in [3.63, 3.8) is 0 Å². The highest BCUT2D eigenvalue weighted by Crippen LogP contribution is 2.35. The first kappa shape index (κ1) is 10.6. The molecule has 0 saturated carbocycles. The molecule has 17 heavy (non-hydrogen) atoms. The molecule has 2 nitrogen and oxygen atoms in total. The van der Waals surface area contributed by atoms with Crippen molar-refractivity contribution in [3.8, 4) is 5.75 Å². The number of aryl methyl sites for hydroxylation is 1. The third-order valence-electron chi connectivity index (χ3n) is 3.69. The van der Waals surface area contributed by atoms with E-state index in [1.165, 1.54) is 21.9 Å². The quantitative estimate of drug-likeness (QED) is 0.813. The van der Waals surface area contributed by atoms with Crippen molar-refractivity contribution >= 4 is 10.8 Å². The molecule has 2 aromatic carbocycles. The molecule has 0 aliphatic heterocycles. The minimum Gasteiger partial charge on any atom is -0.496 e. The first-order chi connectivity index (χ1) is 8.29. The highest BCUT2D eigenvalue weighted by atomic mass is 16.5. The Morgan fingerprint density at radius 3 is 2.88 bits per heavy atom. The topological polar surface area (TPSA) is 35.2 Å². The van der Waals surface area contributed by atoms with Crippen molar-refractivity contribution < 1.29 is 4.74 Å². The van der Waals surface area contributed by atoms with Crippen LogP contribution in [-0.2, 0) is 12.8 Å². The number of hydrogen-bond acceptors (Lipinski definition) is 2. The Morgan fingerprint density at radius 2 is 2.06 bits per heavy atom. The van der Waals surface area contributed by atoms with Crippen LogP contribution in [0, 0.1) is 0 Å². The fourth-order valence-corrected chi connectivity index (χ4v) is 2.82. The number of benzene rings is 2. The molecule has 0 aromatic heterocycles. The second-order valence-electron chi connectivity index (χ2n) is 4.76. The summed E-state index contributed by atoms with van der Waals surface area (Å²) in [6, 6.07) is 10.9. The molecule has 0 unspecified atom stereocenters. The van der Waals surface area contributed by atoms with E-state index in [-0.39, 0.29) is 6.04 Å². The summed E-state index contributed by atoms with van der Waals surface area (Å²) in [6.07, 6.45) is 3.07. The van der Waals surface area contributed by atoms with E-state index in [0.29, 0.717) is 0 Å². The number of rotatable bonds is 1. The van der Waals surface area contributed by atoms with Gasteiger partial charge in [0.2, 0.25) is 0 Å². The lowest BCUT2D eigenvalue weighted by molar-refractivity contribution is 0.404. The minimum absolute atomic E-state index is 0.276. The van der Waals surface area contributed by atoms with Crippen LogP contribution in [0.5, 0.6) is 5.75 Å². The maximum absolute atomic E-state index is 6.06. The molecule has 2 N–H and O–H groups in total. The van der Waals surface area contributed by atoms with Gasteiger partial charge in [0.1, 0.15) is 5.75 Å². The van der Waals surface area contributed by atoms with Crippen LogP contribution in [0.15, 0.2) is 30.3 Å². The van der Waals surface area contributed by atoms with Crippen LogP contribution in [-0.4, -0.2) is 13.2 Å². The van der Waals surface area contributed by atoms with Gasteiger partial charge in [0.05, 0.1) is 7.11 Å². The van der Waals surface area contributed by atoms with Crippen molar-refractivity contribution in [2.24, 2.45) is 5.73 Å². The van der Waals surface area contributed by atoms with Gasteiger partial charge in [0.25, 0.3) is 0 Å². The Morgan fingerprint density at radius 1 is 1.24 bits per heavy atom. The van der Waals surface area contributed by atoms with Gasteiger partial charge in [-0.05, 0) is 47.2 Å². The summed E-state index contributed by atoms with van der Waals surface area (Å²) >= 11 is 0. The molecule has 1 aliphatic carbocycles. The minimum atomic E-state index is 0.276. The Labute approximate surface area is 101 Å². The third kappa shape index (κ3) is 1.69. The summed E-state index contributed by atoms with van der Waals surface area (Å²) in [5.41, 5.74) is 8.80. The third-order valence-corrected chi connectivity index (χ3v) is 3.69. The van der Waals surface area contributed by atoms with Crippen LogP contribution >= 0.6 is 0 Å². The SMILES string of the molecule is COc1cc2ccccc2c2c1C[C@H](N)CC2. The van der Waals surface area contributed by atoms with Gasteiger partial charge < -0.3 is 10.5 Å². The molecule has 0 heterocycles. The van der Waals surface area contributed by atoms with Gasteiger partial charge in [-0.3, -0.25) is 0 Å². The van der Waals surface area contributed by atoms with Crippen LogP contribution in [0.4, 0.5) is 0 Å². The highest BCUT2D eigenvalue weighted by Gasteiger charge is 2.21. The number of fused-ring (bicyclic) bond motifs is 3. The van der Waals surface area contributed by atoms with Gasteiger partial charge in [-0.2, -0.15) is 0 Å². The van der Waals surface area contributed by atoms with E-state index in [1.54, 1.807) is 7.11 Å². The van der Waals surface area contributed by atoms with Crippen LogP contribution in [0.25, 0.3) is 10.8 Å². The van der Waals surface area contributed by atoms with Gasteiger partial charge in [-0.15, -0.1) is 0 Å². The molecule has 0 fully saturated rings. The van der Waals surface area contributed by atoms with Gasteiger partial charge in [0, 0.05) is 6.04 Å². The zero-order chi connectivity index (χ0) is 11.8. The Bertz CT molecular complexity index is 562. The Balaban J connectivity index is 2.30. The van der Waals surface area contributed by atoms with Gasteiger partial charge in [-0.1, -0.05) is 24.3 Å². The number of hydrogen-bond donors (Lipinski definition) is 1. The fraction of sp³-hybridized carbons (Fsp3) is 0.333. The molecular formula is C15H17NO. The largest absolute Gasteiger partial charge is 0.496 e. The van der Waals surface area contributed by atoms with E-state index in [2.05, 4.69) is 30.3 Å². The Kier molecular flexibility index (Phi) is 2.52. The number of ether oxygens (including phenoxy) is 1. The summed E-state index contributed by atoms with van der Waals surface area (Å²) in [4.78, 5) is 0. The predicted octanol–water partition coefficient (Wildman–Crippen LogP) is 2.66. The zero-order valence-corrected chi connectivity index (χ0v) is 10.1. The summed E-state index contributed by atoms with van der Waals surface area (Å²) < 4.78 is 5.51. The Hall–Kier alpha value is -1.54. The van der Waals surface area contributed by atoms with Gasteiger partial charge in [0.15, 0.2) is 0 Å². The first-order valence-corrected chi connectivity index (χ1v) is 6.12. The molecule has 1 aliphatic rings. The first-order valence-electron chi connectivity index (χ1n) is 6.12. The van der Waals surface area contributed by atoms with Crippen molar-refractivity contribution in [1.82, 2.24) is 0 Å². The average Bonchev–Trinajstić information content (AvgIpc) is 2.37. The molecule has 0 radical (unpaired) electrons. The van der Waals surface area contributed by atoms with Crippen molar-refractivity contribution in [3.05, 3.63) is 41.5 Å². The molecule has 0 bridgehead atoms. The van der Waals surface area contributed by atoms with Crippen molar-refractivity contribution in [2.45, 2.75) is 25.3 Å². The van der Waals surface area contributed by atoms with Crippen LogP contribution in [0.3, 0.4) is 0 Å². The molecule has 0 amide bonds. The van der Waals surface area contributed by atoms with Crippen LogP contribution < -0.4 is 10.5 Å². The van der Waals surface area contributed by atoms with Crippen molar-refractivity contribution in [2.75, 3.05) is 7.11 Å². The highest BCUT2D eigenvalue weighted by molar-refractivity contribution is 5.89.